The van der Waals surface area contributed by atoms with Crippen LogP contribution in [0.4, 0.5) is 4.39 Å². The molecule has 0 radical (unpaired) electrons. The SMILES string of the molecule is CCN(CC)CCN(Cc1ccccc1)C(=O)c1ccc(F)cc1. The van der Waals surface area contributed by atoms with Gasteiger partial charge in [-0.1, -0.05) is 44.2 Å². The Hall–Kier alpha value is -2.20. The molecule has 0 aliphatic heterocycles. The second-order valence-corrected chi connectivity index (χ2v) is 5.75. The van der Waals surface area contributed by atoms with Crippen molar-refractivity contribution in [2.45, 2.75) is 20.4 Å². The molecule has 0 heterocycles. The molecule has 0 unspecified atom stereocenters. The summed E-state index contributed by atoms with van der Waals surface area (Å²) in [5.74, 6) is -0.393. The van der Waals surface area contributed by atoms with Gasteiger partial charge in [0.25, 0.3) is 5.91 Å². The van der Waals surface area contributed by atoms with Gasteiger partial charge in [0, 0.05) is 25.2 Å². The summed E-state index contributed by atoms with van der Waals surface area (Å²) in [6, 6.07) is 15.7. The molecule has 2 rings (SSSR count). The molecule has 128 valence electrons. The van der Waals surface area contributed by atoms with E-state index in [0.29, 0.717) is 18.7 Å². The van der Waals surface area contributed by atoms with Gasteiger partial charge >= 0.3 is 0 Å². The van der Waals surface area contributed by atoms with Gasteiger partial charge < -0.3 is 9.80 Å². The lowest BCUT2D eigenvalue weighted by atomic mass is 10.1. The summed E-state index contributed by atoms with van der Waals surface area (Å²) in [6.07, 6.45) is 0. The maximum atomic E-state index is 13.1. The third-order valence-electron chi connectivity index (χ3n) is 4.18. The van der Waals surface area contributed by atoms with E-state index in [1.54, 1.807) is 12.1 Å². The van der Waals surface area contributed by atoms with Crippen LogP contribution in [0.15, 0.2) is 54.6 Å². The van der Waals surface area contributed by atoms with E-state index < -0.39 is 0 Å². The first kappa shape index (κ1) is 18.1. The van der Waals surface area contributed by atoms with Gasteiger partial charge in [0.2, 0.25) is 0 Å². The van der Waals surface area contributed by atoms with Gasteiger partial charge in [0.15, 0.2) is 0 Å². The lowest BCUT2D eigenvalue weighted by molar-refractivity contribution is 0.0724. The molecule has 0 bridgehead atoms. The molecule has 0 spiro atoms. The highest BCUT2D eigenvalue weighted by Gasteiger charge is 2.17. The van der Waals surface area contributed by atoms with E-state index in [2.05, 4.69) is 18.7 Å². The standard InChI is InChI=1S/C20H25FN2O/c1-3-22(4-2)14-15-23(16-17-8-6-5-7-9-17)20(24)18-10-12-19(21)13-11-18/h5-13H,3-4,14-16H2,1-2H3. The van der Waals surface area contributed by atoms with Crippen molar-refractivity contribution in [3.8, 4) is 0 Å². The van der Waals surface area contributed by atoms with Crippen molar-refractivity contribution in [3.05, 3.63) is 71.5 Å². The maximum absolute atomic E-state index is 13.1. The summed E-state index contributed by atoms with van der Waals surface area (Å²) in [4.78, 5) is 17.0. The van der Waals surface area contributed by atoms with Gasteiger partial charge in [-0.05, 0) is 42.9 Å². The van der Waals surface area contributed by atoms with Crippen molar-refractivity contribution in [3.63, 3.8) is 0 Å². The van der Waals surface area contributed by atoms with Crippen LogP contribution in [0.2, 0.25) is 0 Å². The highest BCUT2D eigenvalue weighted by atomic mass is 19.1. The van der Waals surface area contributed by atoms with Crippen LogP contribution in [0.3, 0.4) is 0 Å². The van der Waals surface area contributed by atoms with Crippen molar-refractivity contribution >= 4 is 5.91 Å². The Morgan fingerprint density at radius 2 is 1.54 bits per heavy atom. The van der Waals surface area contributed by atoms with Crippen molar-refractivity contribution in [2.75, 3.05) is 26.2 Å². The molecule has 0 aliphatic rings. The zero-order valence-corrected chi connectivity index (χ0v) is 14.4. The first-order valence-corrected chi connectivity index (χ1v) is 8.45. The molecule has 24 heavy (non-hydrogen) atoms. The summed E-state index contributed by atoms with van der Waals surface area (Å²) in [7, 11) is 0. The second kappa shape index (κ2) is 9.18. The van der Waals surface area contributed by atoms with Crippen LogP contribution in [0.25, 0.3) is 0 Å². The molecule has 0 aromatic heterocycles. The van der Waals surface area contributed by atoms with Gasteiger partial charge in [0.1, 0.15) is 5.82 Å². The molecule has 0 atom stereocenters. The van der Waals surface area contributed by atoms with Gasteiger partial charge in [-0.3, -0.25) is 4.79 Å². The molecule has 2 aromatic carbocycles. The minimum absolute atomic E-state index is 0.0639. The van der Waals surface area contributed by atoms with Crippen LogP contribution in [0.5, 0.6) is 0 Å². The zero-order valence-electron chi connectivity index (χ0n) is 14.4. The van der Waals surface area contributed by atoms with Gasteiger partial charge in [0.05, 0.1) is 0 Å². The van der Waals surface area contributed by atoms with Crippen LogP contribution in [0.1, 0.15) is 29.8 Å². The number of amides is 1. The third kappa shape index (κ3) is 5.17. The summed E-state index contributed by atoms with van der Waals surface area (Å²) in [5.41, 5.74) is 1.61. The van der Waals surface area contributed by atoms with E-state index in [1.165, 1.54) is 12.1 Å². The second-order valence-electron chi connectivity index (χ2n) is 5.75. The van der Waals surface area contributed by atoms with Crippen molar-refractivity contribution in [1.29, 1.82) is 0 Å². The van der Waals surface area contributed by atoms with Crippen LogP contribution < -0.4 is 0 Å². The Labute approximate surface area is 143 Å². The van der Waals surface area contributed by atoms with Gasteiger partial charge in [-0.15, -0.1) is 0 Å². The Morgan fingerprint density at radius 3 is 2.12 bits per heavy atom. The highest BCUT2D eigenvalue weighted by Crippen LogP contribution is 2.11. The van der Waals surface area contributed by atoms with Crippen molar-refractivity contribution in [1.82, 2.24) is 9.80 Å². The fourth-order valence-corrected chi connectivity index (χ4v) is 2.63. The number of halogens is 1. The number of hydrogen-bond acceptors (Lipinski definition) is 2. The Balaban J connectivity index is 2.14. The molecular weight excluding hydrogens is 303 g/mol. The van der Waals surface area contributed by atoms with Crippen molar-refractivity contribution < 1.29 is 9.18 Å². The monoisotopic (exact) mass is 328 g/mol. The molecule has 3 nitrogen and oxygen atoms in total. The molecule has 0 saturated carbocycles. The zero-order chi connectivity index (χ0) is 17.4. The molecular formula is C20H25FN2O. The summed E-state index contributed by atoms with van der Waals surface area (Å²) in [5, 5.41) is 0. The maximum Gasteiger partial charge on any atom is 0.254 e. The largest absolute Gasteiger partial charge is 0.333 e. The topological polar surface area (TPSA) is 23.6 Å². The quantitative estimate of drug-likeness (QED) is 0.736. The first-order chi connectivity index (χ1) is 11.6. The fraction of sp³-hybridized carbons (Fsp3) is 0.350. The predicted molar refractivity (Wildman–Crippen MR) is 95.4 cm³/mol. The molecule has 1 amide bonds. The number of carbonyl (C=O) groups excluding carboxylic acids is 1. The van der Waals surface area contributed by atoms with Crippen LogP contribution in [-0.4, -0.2) is 41.9 Å². The molecule has 0 aliphatic carbocycles. The first-order valence-electron chi connectivity index (χ1n) is 8.45. The number of rotatable bonds is 8. The highest BCUT2D eigenvalue weighted by molar-refractivity contribution is 5.94. The fourth-order valence-electron chi connectivity index (χ4n) is 2.63. The number of benzene rings is 2. The van der Waals surface area contributed by atoms with E-state index in [-0.39, 0.29) is 11.7 Å². The number of nitrogens with zero attached hydrogens (tertiary/aromatic N) is 2. The predicted octanol–water partition coefficient (Wildman–Crippen LogP) is 3.81. The van der Waals surface area contributed by atoms with E-state index in [0.717, 1.165) is 25.2 Å². The van der Waals surface area contributed by atoms with Gasteiger partial charge in [-0.25, -0.2) is 4.39 Å². The molecule has 0 fully saturated rings. The summed E-state index contributed by atoms with van der Waals surface area (Å²) in [6.45, 7) is 8.18. The minimum Gasteiger partial charge on any atom is -0.333 e. The number of likely N-dealkylation sites (N-methyl/N-ethyl adjacent to an activating group) is 1. The van der Waals surface area contributed by atoms with E-state index >= 15 is 0 Å². The molecule has 0 N–H and O–H groups in total. The summed E-state index contributed by atoms with van der Waals surface area (Å²) >= 11 is 0. The van der Waals surface area contributed by atoms with E-state index in [9.17, 15) is 9.18 Å². The molecule has 2 aromatic rings. The van der Waals surface area contributed by atoms with E-state index in [4.69, 9.17) is 0 Å². The van der Waals surface area contributed by atoms with Gasteiger partial charge in [-0.2, -0.15) is 0 Å². The van der Waals surface area contributed by atoms with Crippen LogP contribution >= 0.6 is 0 Å². The Kier molecular flexibility index (Phi) is 6.94. The normalized spacial score (nSPS) is 10.8. The van der Waals surface area contributed by atoms with Crippen molar-refractivity contribution in [2.24, 2.45) is 0 Å². The van der Waals surface area contributed by atoms with E-state index in [1.807, 2.05) is 35.2 Å². The number of hydrogen-bond donors (Lipinski definition) is 0. The number of carbonyl (C=O) groups is 1. The molecule has 4 heteroatoms. The lowest BCUT2D eigenvalue weighted by Gasteiger charge is -2.27. The molecule has 0 saturated heterocycles. The third-order valence-corrected chi connectivity index (χ3v) is 4.18. The minimum atomic E-state index is -0.329. The van der Waals surface area contributed by atoms with Crippen LogP contribution in [-0.2, 0) is 6.54 Å². The summed E-state index contributed by atoms with van der Waals surface area (Å²) < 4.78 is 13.1. The average molecular weight is 328 g/mol. The lowest BCUT2D eigenvalue weighted by Crippen LogP contribution is -2.38. The van der Waals surface area contributed by atoms with Crippen LogP contribution in [0, 0.1) is 5.82 Å². The smallest absolute Gasteiger partial charge is 0.254 e. The Morgan fingerprint density at radius 1 is 0.917 bits per heavy atom. The average Bonchev–Trinajstić information content (AvgIpc) is 2.62. The Bertz CT molecular complexity index is 624.